The molecular formula is C75H92Cl3F3N14O7. The van der Waals surface area contributed by atoms with Crippen LogP contribution < -0.4 is 27.4 Å². The van der Waals surface area contributed by atoms with E-state index in [-0.39, 0.29) is 110 Å². The topological polar surface area (TPSA) is 331 Å². The molecule has 546 valence electrons. The summed E-state index contributed by atoms with van der Waals surface area (Å²) in [4.78, 5) is 88.5. The van der Waals surface area contributed by atoms with E-state index < -0.39 is 23.5 Å². The number of nitriles is 3. The molecule has 6 aromatic rings. The molecule has 6 heterocycles. The zero-order chi connectivity index (χ0) is 75.8. The number of imide groups is 3. The number of anilines is 3. The molecule has 3 aliphatic heterocycles. The van der Waals surface area contributed by atoms with Crippen LogP contribution >= 0.6 is 34.8 Å². The summed E-state index contributed by atoms with van der Waals surface area (Å²) < 4.78 is 41.4. The first kappa shape index (κ1) is 85.4. The second-order valence-corrected chi connectivity index (χ2v) is 25.7. The van der Waals surface area contributed by atoms with E-state index in [4.69, 9.17) is 67.2 Å². The van der Waals surface area contributed by atoms with Crippen LogP contribution in [0.4, 0.5) is 30.6 Å². The van der Waals surface area contributed by atoms with E-state index in [1.165, 1.54) is 16.2 Å². The van der Waals surface area contributed by atoms with E-state index in [0.717, 1.165) is 93.7 Å². The van der Waals surface area contributed by atoms with E-state index in [1.54, 1.807) is 91.0 Å². The first-order chi connectivity index (χ1) is 48.8. The minimum Gasteiger partial charge on any atom is -0.396 e. The summed E-state index contributed by atoms with van der Waals surface area (Å²) >= 11 is 17.4. The third-order valence-corrected chi connectivity index (χ3v) is 17.2. The summed E-state index contributed by atoms with van der Waals surface area (Å²) in [6.45, 7) is 20.1. The standard InChI is InChI=1S/C19H16ClFN4O2.C14H17NO2.C13H16N2O2.C12H15ClFN3.C11H14ClFN4.C6H14O/c1-2-5-12(23-17-15(21)8-11(9-22)16(20)24-17)10-25-18(26)13-6-3-4-7-14(13)19(25)27;1-3-6-10(2)9-15-13(16)11-7-4-5-8-12(11)14(15)17;1-2-5-9(14)8-15-12(16)10-6-3-4-7-11(10)13(15)17;1-3-5-9(4-2)16-12-10(14)6-8(7-15)11(13)17-12;1-2-3-8(6-15)16-11-9(13)4-7(5-14)10(12)17-11;1-3-4-6(2)5-7/h3-4,6-8,12H,2,5,10H2,1H3,(H,23,24);4-5,7-8,10H,3,6,9H2,1-2H3;3-4,6-7,9H,2,5,8,14H2,1H3;6,9H,3-5H2,1-2H3,(H,16,17);4,8H,2-3,6,15H2,1H3,(H,16,17);6-7H,3-5H2,1-2H3/t12-;10-;2*9-;8-;6-/m111011/s1. The molecule has 0 unspecified atom stereocenters. The van der Waals surface area contributed by atoms with Crippen molar-refractivity contribution in [2.45, 2.75) is 170 Å². The lowest BCUT2D eigenvalue weighted by Gasteiger charge is -2.24. The van der Waals surface area contributed by atoms with Crippen LogP contribution in [0.1, 0.15) is 225 Å². The molecule has 27 heteroatoms. The highest BCUT2D eigenvalue weighted by atomic mass is 35.5. The Bertz CT molecular complexity index is 3690. The fourth-order valence-corrected chi connectivity index (χ4v) is 11.6. The van der Waals surface area contributed by atoms with Gasteiger partial charge in [0, 0.05) is 57.0 Å². The lowest BCUT2D eigenvalue weighted by atomic mass is 10.1. The van der Waals surface area contributed by atoms with E-state index in [9.17, 15) is 41.9 Å². The summed E-state index contributed by atoms with van der Waals surface area (Å²) in [5.41, 5.74) is 14.2. The Balaban J connectivity index is 0.000000267. The number of nitrogens with zero attached hydrogens (tertiary/aromatic N) is 9. The molecule has 9 rings (SSSR count). The van der Waals surface area contributed by atoms with Gasteiger partial charge in [-0.3, -0.25) is 43.5 Å². The molecule has 102 heavy (non-hydrogen) atoms. The second-order valence-electron chi connectivity index (χ2n) is 24.7. The van der Waals surface area contributed by atoms with Crippen molar-refractivity contribution >= 4 is 87.7 Å². The van der Waals surface area contributed by atoms with E-state index in [0.29, 0.717) is 77.9 Å². The van der Waals surface area contributed by atoms with Gasteiger partial charge in [0.1, 0.15) is 33.7 Å². The summed E-state index contributed by atoms with van der Waals surface area (Å²) in [5.74, 6) is -2.43. The Morgan fingerprint density at radius 3 is 1.03 bits per heavy atom. The molecule has 0 bridgehead atoms. The number of amides is 6. The van der Waals surface area contributed by atoms with Crippen LogP contribution in [0.5, 0.6) is 0 Å². The molecule has 0 aliphatic carbocycles. The Kier molecular flexibility index (Phi) is 36.5. The maximum atomic E-state index is 14.2. The van der Waals surface area contributed by atoms with Crippen molar-refractivity contribution in [3.05, 3.63) is 174 Å². The van der Waals surface area contributed by atoms with Crippen molar-refractivity contribution in [3.8, 4) is 18.2 Å². The molecule has 8 N–H and O–H groups in total. The maximum absolute atomic E-state index is 14.2. The van der Waals surface area contributed by atoms with Gasteiger partial charge < -0.3 is 32.5 Å². The second kappa shape index (κ2) is 43.7. The number of aliphatic hydroxyl groups excluding tert-OH is 1. The van der Waals surface area contributed by atoms with Crippen molar-refractivity contribution in [2.24, 2.45) is 23.3 Å². The third-order valence-electron chi connectivity index (χ3n) is 16.3. The van der Waals surface area contributed by atoms with Gasteiger partial charge in [0.15, 0.2) is 34.9 Å². The average Bonchev–Trinajstić information content (AvgIpc) is 1.65. The van der Waals surface area contributed by atoms with Gasteiger partial charge in [-0.15, -0.1) is 0 Å². The van der Waals surface area contributed by atoms with Crippen LogP contribution in [-0.4, -0.2) is 127 Å². The number of hydrogen-bond donors (Lipinski definition) is 6. The summed E-state index contributed by atoms with van der Waals surface area (Å²) in [6.07, 6.45) is 12.1. The van der Waals surface area contributed by atoms with Crippen molar-refractivity contribution in [3.63, 3.8) is 0 Å². The average molecular weight is 1470 g/mol. The minimum absolute atomic E-state index is 0.0105. The fourth-order valence-electron chi connectivity index (χ4n) is 11.0. The zero-order valence-electron chi connectivity index (χ0n) is 59.2. The van der Waals surface area contributed by atoms with Crippen LogP contribution in [0, 0.1) is 63.3 Å². The van der Waals surface area contributed by atoms with Gasteiger partial charge in [-0.2, -0.15) is 15.8 Å². The van der Waals surface area contributed by atoms with Gasteiger partial charge in [-0.25, -0.2) is 28.1 Å². The smallest absolute Gasteiger partial charge is 0.261 e. The lowest BCUT2D eigenvalue weighted by molar-refractivity contribution is 0.0619. The number of carbonyl (C=O) groups excluding carboxylic acids is 6. The molecule has 3 aliphatic rings. The molecule has 6 atom stereocenters. The number of halogens is 6. The Morgan fingerprint density at radius 2 is 0.735 bits per heavy atom. The molecule has 21 nitrogen and oxygen atoms in total. The number of hydrogen-bond acceptors (Lipinski definition) is 18. The number of aliphatic hydroxyl groups is 1. The van der Waals surface area contributed by atoms with Crippen LogP contribution in [-0.2, 0) is 0 Å². The first-order valence-corrected chi connectivity index (χ1v) is 35.4. The predicted octanol–water partition coefficient (Wildman–Crippen LogP) is 15.2. The molecular weight excluding hydrogens is 1370 g/mol. The molecule has 6 amide bonds. The number of rotatable bonds is 27. The summed E-state index contributed by atoms with van der Waals surface area (Å²) in [7, 11) is 0. The SMILES string of the molecule is CCC[C@@H](C)CN1C(=O)c2ccccc2C1=O.CCC[C@@H](C)CO.CCC[C@@H](N)CN1C(=O)c2ccccc2C1=O.CCC[C@H](CC)Nc1nc(Cl)c(C#N)cc1F.CCC[C@H](CN)Nc1nc(Cl)c(C#N)cc1F.CCC[C@H](CN1C(=O)c2ccccc2C1=O)Nc1nc(Cl)c(C#N)cc1F. The van der Waals surface area contributed by atoms with E-state index in [1.807, 2.05) is 27.7 Å². The van der Waals surface area contributed by atoms with E-state index in [2.05, 4.69) is 65.5 Å². The maximum Gasteiger partial charge on any atom is 0.261 e. The summed E-state index contributed by atoms with van der Waals surface area (Å²) in [5, 5.41) is 43.4. The van der Waals surface area contributed by atoms with Crippen LogP contribution in [0.15, 0.2) is 91.0 Å². The highest BCUT2D eigenvalue weighted by Gasteiger charge is 2.38. The highest BCUT2D eigenvalue weighted by molar-refractivity contribution is 6.31. The Hall–Kier alpha value is -9.06. The number of aromatic nitrogens is 3. The Labute approximate surface area is 611 Å². The lowest BCUT2D eigenvalue weighted by Crippen LogP contribution is -2.40. The molecule has 0 saturated carbocycles. The van der Waals surface area contributed by atoms with Crippen molar-refractivity contribution in [1.82, 2.24) is 29.7 Å². The van der Waals surface area contributed by atoms with E-state index >= 15 is 0 Å². The van der Waals surface area contributed by atoms with Gasteiger partial charge >= 0.3 is 0 Å². The molecule has 3 aromatic heterocycles. The third kappa shape index (κ3) is 24.3. The van der Waals surface area contributed by atoms with Crippen LogP contribution in [0.3, 0.4) is 0 Å². The predicted molar refractivity (Wildman–Crippen MR) is 392 cm³/mol. The number of pyridine rings is 3. The Morgan fingerprint density at radius 1 is 0.451 bits per heavy atom. The van der Waals surface area contributed by atoms with Crippen molar-refractivity contribution in [2.75, 3.05) is 48.7 Å². The quantitative estimate of drug-likeness (QED) is 0.0206. The van der Waals surface area contributed by atoms with Crippen molar-refractivity contribution < 1.29 is 47.0 Å². The van der Waals surface area contributed by atoms with Gasteiger partial charge in [0.05, 0.1) is 50.1 Å². The number of fused-ring (bicyclic) bond motifs is 3. The summed E-state index contributed by atoms with van der Waals surface area (Å²) in [6, 6.07) is 28.6. The molecule has 0 fully saturated rings. The van der Waals surface area contributed by atoms with Gasteiger partial charge in [-0.05, 0) is 111 Å². The molecule has 3 aromatic carbocycles. The van der Waals surface area contributed by atoms with Crippen LogP contribution in [0.25, 0.3) is 0 Å². The van der Waals surface area contributed by atoms with Gasteiger partial charge in [0.25, 0.3) is 35.4 Å². The normalized spacial score (nSPS) is 14.1. The fraction of sp³-hybridized carbons (Fsp3) is 0.440. The first-order valence-electron chi connectivity index (χ1n) is 34.3. The monoisotopic (exact) mass is 1460 g/mol. The number of nitrogens with one attached hydrogen (secondary N) is 3. The molecule has 0 saturated heterocycles. The number of benzene rings is 3. The van der Waals surface area contributed by atoms with Gasteiger partial charge in [0.2, 0.25) is 0 Å². The number of carbonyl (C=O) groups is 6. The minimum atomic E-state index is -0.723. The number of nitrogens with two attached hydrogens (primary N) is 2. The zero-order valence-corrected chi connectivity index (χ0v) is 61.5. The molecule has 0 spiro atoms. The van der Waals surface area contributed by atoms with Crippen LogP contribution in [0.2, 0.25) is 15.5 Å². The largest absolute Gasteiger partial charge is 0.396 e. The highest BCUT2D eigenvalue weighted by Crippen LogP contribution is 2.29. The van der Waals surface area contributed by atoms with Crippen molar-refractivity contribution in [1.29, 1.82) is 15.8 Å². The molecule has 0 radical (unpaired) electrons. The van der Waals surface area contributed by atoms with Gasteiger partial charge in [-0.1, -0.05) is 172 Å².